The van der Waals surface area contributed by atoms with E-state index in [4.69, 9.17) is 0 Å². The molecule has 2 aromatic rings. The molecule has 0 saturated carbocycles. The molecule has 4 nitrogen and oxygen atoms in total. The van der Waals surface area contributed by atoms with Gasteiger partial charge in [0.1, 0.15) is 0 Å². The minimum Gasteiger partial charge on any atom is -0.345 e. The lowest BCUT2D eigenvalue weighted by atomic mass is 10.1. The van der Waals surface area contributed by atoms with Gasteiger partial charge in [0.15, 0.2) is 9.84 Å². The molecule has 1 unspecified atom stereocenters. The second kappa shape index (κ2) is 5.57. The molecule has 2 aromatic carbocycles. The smallest absolute Gasteiger partial charge is 0.251 e. The maximum absolute atomic E-state index is 12.3. The van der Waals surface area contributed by atoms with Gasteiger partial charge in [-0.15, -0.1) is 0 Å². The molecule has 0 aliphatic heterocycles. The van der Waals surface area contributed by atoms with Gasteiger partial charge in [0.25, 0.3) is 5.91 Å². The minimum atomic E-state index is -3.24. The van der Waals surface area contributed by atoms with Crippen LogP contribution in [0.2, 0.25) is 0 Å². The van der Waals surface area contributed by atoms with Crippen LogP contribution in [0.4, 0.5) is 0 Å². The second-order valence-electron chi connectivity index (χ2n) is 5.56. The van der Waals surface area contributed by atoms with Gasteiger partial charge in [0.2, 0.25) is 0 Å². The van der Waals surface area contributed by atoms with E-state index in [2.05, 4.69) is 11.4 Å². The highest BCUT2D eigenvalue weighted by Gasteiger charge is 2.23. The molecule has 0 heterocycles. The largest absolute Gasteiger partial charge is 0.345 e. The lowest BCUT2D eigenvalue weighted by Gasteiger charge is -2.14. The summed E-state index contributed by atoms with van der Waals surface area (Å²) >= 11 is 0. The molecule has 1 aliphatic rings. The van der Waals surface area contributed by atoms with E-state index in [0.29, 0.717) is 5.56 Å². The molecule has 1 aliphatic carbocycles. The van der Waals surface area contributed by atoms with Crippen molar-refractivity contribution >= 4 is 15.7 Å². The van der Waals surface area contributed by atoms with Gasteiger partial charge in [-0.05, 0) is 48.2 Å². The number of fused-ring (bicyclic) bond motifs is 1. The van der Waals surface area contributed by atoms with Crippen LogP contribution in [0.3, 0.4) is 0 Å². The Kier molecular flexibility index (Phi) is 3.74. The fourth-order valence-corrected chi connectivity index (χ4v) is 3.43. The van der Waals surface area contributed by atoms with Gasteiger partial charge in [0, 0.05) is 11.8 Å². The van der Waals surface area contributed by atoms with Crippen LogP contribution in [-0.2, 0) is 16.3 Å². The quantitative estimate of drug-likeness (QED) is 0.946. The van der Waals surface area contributed by atoms with Crippen molar-refractivity contribution in [1.29, 1.82) is 0 Å². The fraction of sp³-hybridized carbons (Fsp3) is 0.235. The van der Waals surface area contributed by atoms with Gasteiger partial charge in [-0.3, -0.25) is 4.79 Å². The number of sulfone groups is 1. The zero-order valence-electron chi connectivity index (χ0n) is 12.2. The van der Waals surface area contributed by atoms with Gasteiger partial charge in [0.05, 0.1) is 10.9 Å². The second-order valence-corrected chi connectivity index (χ2v) is 7.58. The van der Waals surface area contributed by atoms with E-state index in [0.717, 1.165) is 19.1 Å². The number of hydrogen-bond acceptors (Lipinski definition) is 3. The highest BCUT2D eigenvalue weighted by atomic mass is 32.2. The van der Waals surface area contributed by atoms with E-state index in [1.807, 2.05) is 18.2 Å². The SMILES string of the molecule is CS(=O)(=O)c1ccc(C(=O)NC2CCc3ccccc32)cc1. The van der Waals surface area contributed by atoms with Crippen molar-refractivity contribution in [3.63, 3.8) is 0 Å². The first kappa shape index (κ1) is 14.8. The molecule has 114 valence electrons. The van der Waals surface area contributed by atoms with Crippen molar-refractivity contribution < 1.29 is 13.2 Å². The molecular weight excluding hydrogens is 298 g/mol. The number of benzene rings is 2. The summed E-state index contributed by atoms with van der Waals surface area (Å²) in [4.78, 5) is 12.5. The highest BCUT2D eigenvalue weighted by Crippen LogP contribution is 2.30. The van der Waals surface area contributed by atoms with Crippen LogP contribution in [0, 0.1) is 0 Å². The Labute approximate surface area is 130 Å². The van der Waals surface area contributed by atoms with Crippen LogP contribution in [0.1, 0.15) is 33.9 Å². The van der Waals surface area contributed by atoms with Crippen LogP contribution < -0.4 is 5.32 Å². The lowest BCUT2D eigenvalue weighted by molar-refractivity contribution is 0.0936. The maximum atomic E-state index is 12.3. The topological polar surface area (TPSA) is 63.2 Å². The number of amides is 1. The van der Waals surface area contributed by atoms with Crippen LogP contribution in [-0.4, -0.2) is 20.6 Å². The van der Waals surface area contributed by atoms with Crippen molar-refractivity contribution in [2.75, 3.05) is 6.26 Å². The summed E-state index contributed by atoms with van der Waals surface area (Å²) in [5.74, 6) is -0.179. The van der Waals surface area contributed by atoms with E-state index >= 15 is 0 Å². The Hall–Kier alpha value is -2.14. The predicted molar refractivity (Wildman–Crippen MR) is 84.5 cm³/mol. The van der Waals surface area contributed by atoms with Crippen LogP contribution in [0.25, 0.3) is 0 Å². The van der Waals surface area contributed by atoms with Crippen LogP contribution in [0.5, 0.6) is 0 Å². The first-order valence-electron chi connectivity index (χ1n) is 7.14. The summed E-state index contributed by atoms with van der Waals surface area (Å²) < 4.78 is 22.9. The summed E-state index contributed by atoms with van der Waals surface area (Å²) in [6.07, 6.45) is 3.01. The third-order valence-corrected chi connectivity index (χ3v) is 5.11. The molecule has 0 radical (unpaired) electrons. The van der Waals surface area contributed by atoms with Crippen molar-refractivity contribution in [3.05, 3.63) is 65.2 Å². The zero-order valence-corrected chi connectivity index (χ0v) is 13.1. The average Bonchev–Trinajstić information content (AvgIpc) is 2.90. The molecule has 1 N–H and O–H groups in total. The first-order chi connectivity index (χ1) is 10.4. The summed E-state index contributed by atoms with van der Waals surface area (Å²) in [5.41, 5.74) is 2.92. The molecule has 0 fully saturated rings. The molecule has 0 spiro atoms. The molecular formula is C17H17NO3S. The average molecular weight is 315 g/mol. The molecule has 1 atom stereocenters. The fourth-order valence-electron chi connectivity index (χ4n) is 2.80. The Morgan fingerprint density at radius 2 is 1.77 bits per heavy atom. The molecule has 0 aromatic heterocycles. The maximum Gasteiger partial charge on any atom is 0.251 e. The third kappa shape index (κ3) is 2.90. The molecule has 5 heteroatoms. The Bertz CT molecular complexity index is 810. The Morgan fingerprint density at radius 3 is 2.45 bits per heavy atom. The summed E-state index contributed by atoms with van der Waals surface area (Å²) in [6, 6.07) is 14.2. The number of nitrogens with one attached hydrogen (secondary N) is 1. The van der Waals surface area contributed by atoms with Crippen LogP contribution in [0.15, 0.2) is 53.4 Å². The number of carbonyl (C=O) groups excluding carboxylic acids is 1. The minimum absolute atomic E-state index is 0.0262. The molecule has 3 rings (SSSR count). The van der Waals surface area contributed by atoms with Gasteiger partial charge in [-0.25, -0.2) is 8.42 Å². The summed E-state index contributed by atoms with van der Waals surface area (Å²) in [6.45, 7) is 0. The van der Waals surface area contributed by atoms with Crippen molar-refractivity contribution in [2.24, 2.45) is 0 Å². The molecule has 0 bridgehead atoms. The number of carbonyl (C=O) groups is 1. The van der Waals surface area contributed by atoms with Gasteiger partial charge < -0.3 is 5.32 Å². The summed E-state index contributed by atoms with van der Waals surface area (Å²) in [7, 11) is -3.24. The third-order valence-electron chi connectivity index (χ3n) is 3.98. The first-order valence-corrected chi connectivity index (χ1v) is 9.03. The van der Waals surface area contributed by atoms with E-state index in [9.17, 15) is 13.2 Å². The Morgan fingerprint density at radius 1 is 1.09 bits per heavy atom. The van der Waals surface area contributed by atoms with Gasteiger partial charge in [-0.1, -0.05) is 24.3 Å². The number of hydrogen-bond donors (Lipinski definition) is 1. The van der Waals surface area contributed by atoms with Crippen molar-refractivity contribution in [3.8, 4) is 0 Å². The summed E-state index contributed by atoms with van der Waals surface area (Å²) in [5, 5.41) is 3.02. The van der Waals surface area contributed by atoms with E-state index in [1.54, 1.807) is 12.1 Å². The van der Waals surface area contributed by atoms with E-state index in [1.165, 1.54) is 23.3 Å². The molecule has 22 heavy (non-hydrogen) atoms. The highest BCUT2D eigenvalue weighted by molar-refractivity contribution is 7.90. The zero-order chi connectivity index (χ0) is 15.7. The van der Waals surface area contributed by atoms with E-state index in [-0.39, 0.29) is 16.8 Å². The standard InChI is InChI=1S/C17H17NO3S/c1-22(20,21)14-9-6-13(7-10-14)17(19)18-16-11-8-12-4-2-3-5-15(12)16/h2-7,9-10,16H,8,11H2,1H3,(H,18,19). The van der Waals surface area contributed by atoms with Gasteiger partial charge in [-0.2, -0.15) is 0 Å². The number of aryl methyl sites for hydroxylation is 1. The van der Waals surface area contributed by atoms with E-state index < -0.39 is 9.84 Å². The Balaban J connectivity index is 1.76. The van der Waals surface area contributed by atoms with Crippen LogP contribution >= 0.6 is 0 Å². The van der Waals surface area contributed by atoms with Crippen molar-refractivity contribution in [1.82, 2.24) is 5.32 Å². The molecule has 0 saturated heterocycles. The molecule has 1 amide bonds. The monoisotopic (exact) mass is 315 g/mol. The van der Waals surface area contributed by atoms with Gasteiger partial charge >= 0.3 is 0 Å². The predicted octanol–water partition coefficient (Wildman–Crippen LogP) is 2.51. The number of rotatable bonds is 3. The normalized spacial score (nSPS) is 17.0. The lowest BCUT2D eigenvalue weighted by Crippen LogP contribution is -2.27. The van der Waals surface area contributed by atoms with Crippen molar-refractivity contribution in [2.45, 2.75) is 23.8 Å².